The number of rotatable bonds is 2. The standard InChI is InChI=1S/C12H9ClN2O/c13-10-7-9(1-2-11(10)14)12(16)8-3-5-15-6-4-8/h1-7H,14H2. The average Bonchev–Trinajstić information content (AvgIpc) is 2.33. The molecule has 1 aromatic heterocycles. The third-order valence-corrected chi connectivity index (χ3v) is 2.53. The summed E-state index contributed by atoms with van der Waals surface area (Å²) in [5.74, 6) is -0.0932. The fraction of sp³-hybridized carbons (Fsp3) is 0. The van der Waals surface area contributed by atoms with E-state index in [-0.39, 0.29) is 5.78 Å². The van der Waals surface area contributed by atoms with Gasteiger partial charge < -0.3 is 5.73 Å². The molecule has 1 aromatic carbocycles. The number of halogens is 1. The van der Waals surface area contributed by atoms with E-state index in [0.29, 0.717) is 21.8 Å². The molecule has 3 nitrogen and oxygen atoms in total. The SMILES string of the molecule is Nc1ccc(C(=O)c2ccncc2)cc1Cl. The molecule has 0 spiro atoms. The molecule has 1 heterocycles. The van der Waals surface area contributed by atoms with E-state index in [4.69, 9.17) is 17.3 Å². The summed E-state index contributed by atoms with van der Waals surface area (Å²) in [6.07, 6.45) is 3.15. The maximum absolute atomic E-state index is 12.0. The minimum atomic E-state index is -0.0932. The molecule has 0 bridgehead atoms. The Hall–Kier alpha value is -1.87. The molecule has 4 heteroatoms. The van der Waals surface area contributed by atoms with Gasteiger partial charge in [-0.3, -0.25) is 9.78 Å². The van der Waals surface area contributed by atoms with Gasteiger partial charge in [0.2, 0.25) is 0 Å². The van der Waals surface area contributed by atoms with Gasteiger partial charge >= 0.3 is 0 Å². The Kier molecular flexibility index (Phi) is 2.88. The van der Waals surface area contributed by atoms with Gasteiger partial charge in [-0.2, -0.15) is 0 Å². The van der Waals surface area contributed by atoms with Crippen molar-refractivity contribution in [2.24, 2.45) is 0 Å². The zero-order valence-corrected chi connectivity index (χ0v) is 9.11. The third kappa shape index (κ3) is 2.04. The Labute approximate surface area is 97.9 Å². The summed E-state index contributed by atoms with van der Waals surface area (Å²) in [5, 5.41) is 0.389. The van der Waals surface area contributed by atoms with Crippen LogP contribution in [-0.4, -0.2) is 10.8 Å². The summed E-state index contributed by atoms with van der Waals surface area (Å²) < 4.78 is 0. The molecular weight excluding hydrogens is 224 g/mol. The first-order valence-electron chi connectivity index (χ1n) is 4.68. The second-order valence-corrected chi connectivity index (χ2v) is 3.71. The van der Waals surface area contributed by atoms with Gasteiger partial charge in [0.1, 0.15) is 0 Å². The fourth-order valence-electron chi connectivity index (χ4n) is 1.34. The normalized spacial score (nSPS) is 10.1. The Morgan fingerprint density at radius 3 is 2.44 bits per heavy atom. The van der Waals surface area contributed by atoms with E-state index < -0.39 is 0 Å². The lowest BCUT2D eigenvalue weighted by molar-refractivity contribution is 0.103. The van der Waals surface area contributed by atoms with Crippen molar-refractivity contribution in [2.45, 2.75) is 0 Å². The highest BCUT2D eigenvalue weighted by Crippen LogP contribution is 2.21. The minimum Gasteiger partial charge on any atom is -0.398 e. The number of aromatic nitrogens is 1. The van der Waals surface area contributed by atoms with Gasteiger partial charge in [0.25, 0.3) is 0 Å². The fourth-order valence-corrected chi connectivity index (χ4v) is 1.52. The van der Waals surface area contributed by atoms with Crippen LogP contribution >= 0.6 is 11.6 Å². The summed E-state index contributed by atoms with van der Waals surface area (Å²) in [5.41, 5.74) is 7.14. The van der Waals surface area contributed by atoms with Crippen LogP contribution < -0.4 is 5.73 Å². The topological polar surface area (TPSA) is 56.0 Å². The zero-order chi connectivity index (χ0) is 11.5. The lowest BCUT2D eigenvalue weighted by Crippen LogP contribution is -2.01. The molecule has 0 radical (unpaired) electrons. The molecular formula is C12H9ClN2O. The van der Waals surface area contributed by atoms with Crippen LogP contribution in [0.3, 0.4) is 0 Å². The lowest BCUT2D eigenvalue weighted by Gasteiger charge is -2.03. The van der Waals surface area contributed by atoms with Crippen LogP contribution in [0.5, 0.6) is 0 Å². The van der Waals surface area contributed by atoms with Gasteiger partial charge in [-0.1, -0.05) is 11.6 Å². The first-order valence-corrected chi connectivity index (χ1v) is 5.06. The first-order chi connectivity index (χ1) is 7.68. The number of anilines is 1. The summed E-state index contributed by atoms with van der Waals surface area (Å²) in [6, 6.07) is 8.17. The van der Waals surface area contributed by atoms with Crippen molar-refractivity contribution in [3.63, 3.8) is 0 Å². The average molecular weight is 233 g/mol. The molecule has 0 unspecified atom stereocenters. The smallest absolute Gasteiger partial charge is 0.193 e. The highest BCUT2D eigenvalue weighted by Gasteiger charge is 2.09. The van der Waals surface area contributed by atoms with Crippen molar-refractivity contribution in [3.05, 3.63) is 58.9 Å². The Morgan fingerprint density at radius 2 is 1.81 bits per heavy atom. The molecule has 0 aliphatic heterocycles. The Morgan fingerprint density at radius 1 is 1.12 bits per heavy atom. The molecule has 0 aliphatic rings. The van der Waals surface area contributed by atoms with Crippen LogP contribution in [0, 0.1) is 0 Å². The monoisotopic (exact) mass is 232 g/mol. The van der Waals surface area contributed by atoms with E-state index in [2.05, 4.69) is 4.98 Å². The van der Waals surface area contributed by atoms with E-state index >= 15 is 0 Å². The van der Waals surface area contributed by atoms with Gasteiger partial charge in [-0.15, -0.1) is 0 Å². The van der Waals surface area contributed by atoms with Crippen LogP contribution in [-0.2, 0) is 0 Å². The second-order valence-electron chi connectivity index (χ2n) is 3.30. The van der Waals surface area contributed by atoms with E-state index in [9.17, 15) is 4.79 Å². The highest BCUT2D eigenvalue weighted by atomic mass is 35.5. The van der Waals surface area contributed by atoms with Crippen molar-refractivity contribution in [1.29, 1.82) is 0 Å². The number of ketones is 1. The number of carbonyl (C=O) groups is 1. The molecule has 0 atom stereocenters. The number of hydrogen-bond donors (Lipinski definition) is 1. The number of nitrogen functional groups attached to an aromatic ring is 1. The lowest BCUT2D eigenvalue weighted by atomic mass is 10.0. The molecule has 2 N–H and O–H groups in total. The molecule has 80 valence electrons. The second kappa shape index (κ2) is 4.33. The molecule has 0 saturated heterocycles. The molecule has 2 aromatic rings. The molecule has 2 rings (SSSR count). The van der Waals surface area contributed by atoms with Gasteiger partial charge in [0.05, 0.1) is 10.7 Å². The van der Waals surface area contributed by atoms with Crippen molar-refractivity contribution in [2.75, 3.05) is 5.73 Å². The minimum absolute atomic E-state index is 0.0932. The summed E-state index contributed by atoms with van der Waals surface area (Å²) in [7, 11) is 0. The van der Waals surface area contributed by atoms with E-state index in [1.54, 1.807) is 42.7 Å². The van der Waals surface area contributed by atoms with Crippen LogP contribution in [0.2, 0.25) is 5.02 Å². The van der Waals surface area contributed by atoms with Crippen LogP contribution in [0.1, 0.15) is 15.9 Å². The molecule has 16 heavy (non-hydrogen) atoms. The number of nitrogens with two attached hydrogens (primary N) is 1. The maximum Gasteiger partial charge on any atom is 0.193 e. The molecule has 0 aliphatic carbocycles. The molecule has 0 fully saturated rings. The van der Waals surface area contributed by atoms with Crippen LogP contribution in [0.4, 0.5) is 5.69 Å². The van der Waals surface area contributed by atoms with E-state index in [1.165, 1.54) is 0 Å². The van der Waals surface area contributed by atoms with Crippen LogP contribution in [0.25, 0.3) is 0 Å². The van der Waals surface area contributed by atoms with Gasteiger partial charge in [0, 0.05) is 23.5 Å². The number of hydrogen-bond acceptors (Lipinski definition) is 3. The van der Waals surface area contributed by atoms with Gasteiger partial charge in [-0.05, 0) is 30.3 Å². The summed E-state index contributed by atoms with van der Waals surface area (Å²) >= 11 is 5.86. The van der Waals surface area contributed by atoms with Crippen molar-refractivity contribution >= 4 is 23.1 Å². The Balaban J connectivity index is 2.39. The zero-order valence-electron chi connectivity index (χ0n) is 8.35. The molecule has 0 amide bonds. The predicted molar refractivity (Wildman–Crippen MR) is 63.5 cm³/mol. The van der Waals surface area contributed by atoms with Crippen molar-refractivity contribution in [3.8, 4) is 0 Å². The summed E-state index contributed by atoms with van der Waals surface area (Å²) in [4.78, 5) is 15.8. The highest BCUT2D eigenvalue weighted by molar-refractivity contribution is 6.33. The van der Waals surface area contributed by atoms with Gasteiger partial charge in [-0.25, -0.2) is 0 Å². The maximum atomic E-state index is 12.0. The van der Waals surface area contributed by atoms with Crippen LogP contribution in [0.15, 0.2) is 42.7 Å². The quantitative estimate of drug-likeness (QED) is 0.640. The molecule has 0 saturated carbocycles. The number of pyridine rings is 1. The summed E-state index contributed by atoms with van der Waals surface area (Å²) in [6.45, 7) is 0. The van der Waals surface area contributed by atoms with Gasteiger partial charge in [0.15, 0.2) is 5.78 Å². The Bertz CT molecular complexity index is 526. The first kappa shape index (κ1) is 10.6. The van der Waals surface area contributed by atoms with E-state index in [1.807, 2.05) is 0 Å². The number of benzene rings is 1. The third-order valence-electron chi connectivity index (χ3n) is 2.21. The predicted octanol–water partition coefficient (Wildman–Crippen LogP) is 2.55. The van der Waals surface area contributed by atoms with E-state index in [0.717, 1.165) is 0 Å². The van der Waals surface area contributed by atoms with Crippen molar-refractivity contribution < 1.29 is 4.79 Å². The number of nitrogens with zero attached hydrogens (tertiary/aromatic N) is 1. The van der Waals surface area contributed by atoms with Crippen molar-refractivity contribution in [1.82, 2.24) is 4.98 Å². The largest absolute Gasteiger partial charge is 0.398 e. The number of carbonyl (C=O) groups excluding carboxylic acids is 1.